The number of benzene rings is 1. The lowest BCUT2D eigenvalue weighted by atomic mass is 10.0. The molecule has 0 radical (unpaired) electrons. The lowest BCUT2D eigenvalue weighted by molar-refractivity contribution is -0.490. The predicted octanol–water partition coefficient (Wildman–Crippen LogP) is 0.194. The van der Waals surface area contributed by atoms with Crippen molar-refractivity contribution in [2.45, 2.75) is 18.6 Å². The van der Waals surface area contributed by atoms with Crippen molar-refractivity contribution in [2.75, 3.05) is 6.54 Å². The molecule has 0 aromatic heterocycles. The van der Waals surface area contributed by atoms with Gasteiger partial charge in [-0.2, -0.15) is 0 Å². The molecule has 3 N–H and O–H groups in total. The zero-order valence-corrected chi connectivity index (χ0v) is 8.24. The van der Waals surface area contributed by atoms with Gasteiger partial charge in [-0.1, -0.05) is 30.3 Å². The molecule has 0 fully saturated rings. The van der Waals surface area contributed by atoms with Crippen LogP contribution in [-0.2, 0) is 6.42 Å². The van der Waals surface area contributed by atoms with Gasteiger partial charge in [-0.25, -0.2) is 0 Å². The first-order chi connectivity index (χ1) is 7.09. The van der Waals surface area contributed by atoms with Gasteiger partial charge < -0.3 is 10.8 Å². The van der Waals surface area contributed by atoms with Gasteiger partial charge in [0.2, 0.25) is 6.54 Å². The molecule has 0 aliphatic heterocycles. The number of nitro groups is 1. The standard InChI is InChI=1S/C10H14N2O3/c11-9(10(13)7-12(14)15)6-8-4-2-1-3-5-8/h1-5,9-10,13H,6-7,11H2/t9-,10-/m1/s1. The van der Waals surface area contributed by atoms with Gasteiger partial charge in [0.25, 0.3) is 0 Å². The van der Waals surface area contributed by atoms with E-state index in [1.54, 1.807) is 0 Å². The fourth-order valence-corrected chi connectivity index (χ4v) is 1.31. The third kappa shape index (κ3) is 4.05. The summed E-state index contributed by atoms with van der Waals surface area (Å²) in [5.41, 5.74) is 6.61. The molecule has 5 heteroatoms. The molecule has 82 valence electrons. The zero-order chi connectivity index (χ0) is 11.3. The largest absolute Gasteiger partial charge is 0.385 e. The fourth-order valence-electron chi connectivity index (χ4n) is 1.31. The van der Waals surface area contributed by atoms with Gasteiger partial charge in [0.1, 0.15) is 6.10 Å². The molecule has 1 aromatic carbocycles. The molecule has 0 unspecified atom stereocenters. The van der Waals surface area contributed by atoms with E-state index in [1.165, 1.54) is 0 Å². The summed E-state index contributed by atoms with van der Waals surface area (Å²) in [5, 5.41) is 19.5. The normalized spacial score (nSPS) is 14.5. The Kier molecular flexibility index (Phi) is 4.20. The second kappa shape index (κ2) is 5.43. The minimum absolute atomic E-state index is 0.440. The van der Waals surface area contributed by atoms with E-state index in [-0.39, 0.29) is 0 Å². The van der Waals surface area contributed by atoms with Crippen LogP contribution in [0.2, 0.25) is 0 Å². The van der Waals surface area contributed by atoms with Gasteiger partial charge in [-0.15, -0.1) is 0 Å². The summed E-state index contributed by atoms with van der Waals surface area (Å²) in [5.74, 6) is 0. The molecule has 0 amide bonds. The van der Waals surface area contributed by atoms with Crippen LogP contribution in [0.25, 0.3) is 0 Å². The van der Waals surface area contributed by atoms with Gasteiger partial charge in [-0.3, -0.25) is 10.1 Å². The van der Waals surface area contributed by atoms with E-state index in [0.29, 0.717) is 6.42 Å². The fraction of sp³-hybridized carbons (Fsp3) is 0.400. The number of nitrogens with two attached hydrogens (primary N) is 1. The highest BCUT2D eigenvalue weighted by molar-refractivity contribution is 5.16. The van der Waals surface area contributed by atoms with Crippen LogP contribution >= 0.6 is 0 Å². The summed E-state index contributed by atoms with van der Waals surface area (Å²) >= 11 is 0. The highest BCUT2D eigenvalue weighted by Gasteiger charge is 2.20. The molecular formula is C10H14N2O3. The van der Waals surface area contributed by atoms with E-state index in [0.717, 1.165) is 5.56 Å². The Morgan fingerprint density at radius 2 is 2.00 bits per heavy atom. The Hall–Kier alpha value is -1.46. The summed E-state index contributed by atoms with van der Waals surface area (Å²) in [6.07, 6.45) is -0.657. The molecule has 2 atom stereocenters. The topological polar surface area (TPSA) is 89.4 Å². The maximum Gasteiger partial charge on any atom is 0.230 e. The molecule has 0 aliphatic rings. The van der Waals surface area contributed by atoms with Gasteiger partial charge in [0.05, 0.1) is 0 Å². The second-order valence-electron chi connectivity index (χ2n) is 3.44. The van der Waals surface area contributed by atoms with Crippen molar-refractivity contribution in [3.05, 3.63) is 46.0 Å². The van der Waals surface area contributed by atoms with Crippen molar-refractivity contribution >= 4 is 0 Å². The Balaban J connectivity index is 2.48. The Morgan fingerprint density at radius 1 is 1.40 bits per heavy atom. The summed E-state index contributed by atoms with van der Waals surface area (Å²) in [4.78, 5) is 9.60. The molecule has 15 heavy (non-hydrogen) atoms. The summed E-state index contributed by atoms with van der Waals surface area (Å²) < 4.78 is 0. The number of hydrogen-bond donors (Lipinski definition) is 2. The third-order valence-corrected chi connectivity index (χ3v) is 2.14. The van der Waals surface area contributed by atoms with Crippen molar-refractivity contribution in [3.8, 4) is 0 Å². The second-order valence-corrected chi connectivity index (χ2v) is 3.44. The SMILES string of the molecule is N[C@H](Cc1ccccc1)[C@H](O)C[N+](=O)[O-]. The molecule has 0 bridgehead atoms. The Labute approximate surface area is 87.7 Å². The van der Waals surface area contributed by atoms with Gasteiger partial charge in [-0.05, 0) is 12.0 Å². The molecule has 5 nitrogen and oxygen atoms in total. The molecule has 1 rings (SSSR count). The van der Waals surface area contributed by atoms with E-state index in [4.69, 9.17) is 5.73 Å². The Morgan fingerprint density at radius 3 is 2.53 bits per heavy atom. The van der Waals surface area contributed by atoms with Gasteiger partial charge in [0, 0.05) is 11.0 Å². The molecule has 0 aliphatic carbocycles. The van der Waals surface area contributed by atoms with E-state index in [1.807, 2.05) is 30.3 Å². The predicted molar refractivity (Wildman–Crippen MR) is 56.0 cm³/mol. The van der Waals surface area contributed by atoms with E-state index >= 15 is 0 Å². The molecule has 0 saturated heterocycles. The van der Waals surface area contributed by atoms with Crippen LogP contribution in [0.4, 0.5) is 0 Å². The molecule has 0 saturated carbocycles. The number of nitrogens with zero attached hydrogens (tertiary/aromatic N) is 1. The zero-order valence-electron chi connectivity index (χ0n) is 8.24. The molecule has 1 aromatic rings. The lowest BCUT2D eigenvalue weighted by Gasteiger charge is -2.15. The number of hydrogen-bond acceptors (Lipinski definition) is 4. The summed E-state index contributed by atoms with van der Waals surface area (Å²) in [6, 6.07) is 8.75. The highest BCUT2D eigenvalue weighted by atomic mass is 16.6. The van der Waals surface area contributed by atoms with Crippen molar-refractivity contribution < 1.29 is 10.0 Å². The smallest absolute Gasteiger partial charge is 0.230 e. The number of rotatable bonds is 5. The van der Waals surface area contributed by atoms with Crippen LogP contribution in [0.1, 0.15) is 5.56 Å². The first-order valence-electron chi connectivity index (χ1n) is 4.69. The minimum Gasteiger partial charge on any atom is -0.385 e. The van der Waals surface area contributed by atoms with Crippen LogP contribution in [-0.4, -0.2) is 28.7 Å². The van der Waals surface area contributed by atoms with Crippen LogP contribution in [0.15, 0.2) is 30.3 Å². The van der Waals surface area contributed by atoms with Crippen molar-refractivity contribution in [3.63, 3.8) is 0 Å². The van der Waals surface area contributed by atoms with Crippen molar-refractivity contribution in [1.29, 1.82) is 0 Å². The average molecular weight is 210 g/mol. The van der Waals surface area contributed by atoms with Gasteiger partial charge in [0.15, 0.2) is 0 Å². The lowest BCUT2D eigenvalue weighted by Crippen LogP contribution is -2.40. The van der Waals surface area contributed by atoms with Gasteiger partial charge >= 0.3 is 0 Å². The molecule has 0 heterocycles. The van der Waals surface area contributed by atoms with Crippen LogP contribution < -0.4 is 5.73 Å². The first-order valence-corrected chi connectivity index (χ1v) is 4.69. The van der Waals surface area contributed by atoms with Crippen molar-refractivity contribution in [1.82, 2.24) is 0 Å². The monoisotopic (exact) mass is 210 g/mol. The summed E-state index contributed by atoms with van der Waals surface area (Å²) in [7, 11) is 0. The van der Waals surface area contributed by atoms with E-state index in [2.05, 4.69) is 0 Å². The third-order valence-electron chi connectivity index (χ3n) is 2.14. The van der Waals surface area contributed by atoms with E-state index in [9.17, 15) is 15.2 Å². The maximum absolute atomic E-state index is 10.2. The van der Waals surface area contributed by atoms with E-state index < -0.39 is 23.6 Å². The summed E-state index contributed by atoms with van der Waals surface area (Å²) in [6.45, 7) is -0.506. The van der Waals surface area contributed by atoms with Crippen LogP contribution in [0.3, 0.4) is 0 Å². The first kappa shape index (κ1) is 11.6. The quantitative estimate of drug-likeness (QED) is 0.536. The van der Waals surface area contributed by atoms with Crippen molar-refractivity contribution in [2.24, 2.45) is 5.73 Å². The number of aliphatic hydroxyl groups excluding tert-OH is 1. The molecule has 0 spiro atoms. The Bertz CT molecular complexity index is 316. The van der Waals surface area contributed by atoms with Crippen LogP contribution in [0.5, 0.6) is 0 Å². The highest BCUT2D eigenvalue weighted by Crippen LogP contribution is 2.04. The average Bonchev–Trinajstić information content (AvgIpc) is 2.18. The maximum atomic E-state index is 10.2. The molecular weight excluding hydrogens is 196 g/mol. The minimum atomic E-state index is -1.10. The number of aliphatic hydroxyl groups is 1. The van der Waals surface area contributed by atoms with Crippen LogP contribution in [0, 0.1) is 10.1 Å².